The number of aliphatic hydroxyl groups is 1. The van der Waals surface area contributed by atoms with Crippen LogP contribution in [0.25, 0.3) is 16.6 Å². The number of phenols is 1. The third kappa shape index (κ3) is 3.51. The second kappa shape index (κ2) is 8.28. The Balaban J connectivity index is 2.23. The Bertz CT molecular complexity index is 995. The maximum atomic E-state index is 11.7. The van der Waals surface area contributed by atoms with Crippen LogP contribution in [0.4, 0.5) is 5.69 Å². The minimum Gasteiger partial charge on any atom is -0.508 e. The molecule has 3 rings (SSSR count). The summed E-state index contributed by atoms with van der Waals surface area (Å²) in [6.45, 7) is 2.65. The molecule has 3 aromatic rings. The number of nitro groups is 1. The van der Waals surface area contributed by atoms with Gasteiger partial charge in [0.2, 0.25) is 0 Å². The Morgan fingerprint density at radius 2 is 1.93 bits per heavy atom. The maximum absolute atomic E-state index is 11.7. The summed E-state index contributed by atoms with van der Waals surface area (Å²) in [6, 6.07) is 10.3. The van der Waals surface area contributed by atoms with Crippen molar-refractivity contribution >= 4 is 16.6 Å². The summed E-state index contributed by atoms with van der Waals surface area (Å²) in [6.07, 6.45) is 0.579. The largest absolute Gasteiger partial charge is 0.508 e. The van der Waals surface area contributed by atoms with Gasteiger partial charge >= 0.3 is 0 Å². The first-order valence-corrected chi connectivity index (χ1v) is 8.95. The van der Waals surface area contributed by atoms with E-state index in [9.17, 15) is 15.2 Å². The number of benzene rings is 2. The highest BCUT2D eigenvalue weighted by Crippen LogP contribution is 2.39. The molecule has 0 spiro atoms. The molecule has 0 saturated carbocycles. The summed E-state index contributed by atoms with van der Waals surface area (Å²) in [5, 5.41) is 34.8. The molecule has 148 valence electrons. The van der Waals surface area contributed by atoms with Crippen LogP contribution < -0.4 is 10.1 Å². The molecular formula is C20H23N3O5. The Morgan fingerprint density at radius 1 is 1.21 bits per heavy atom. The van der Waals surface area contributed by atoms with E-state index in [-0.39, 0.29) is 18.0 Å². The summed E-state index contributed by atoms with van der Waals surface area (Å²) in [4.78, 5) is 11.4. The second-order valence-corrected chi connectivity index (χ2v) is 6.44. The lowest BCUT2D eigenvalue weighted by Crippen LogP contribution is -2.16. The molecule has 0 radical (unpaired) electrons. The van der Waals surface area contributed by atoms with Gasteiger partial charge in [-0.25, -0.2) is 0 Å². The number of ether oxygens (including phenoxy) is 1. The molecule has 0 unspecified atom stereocenters. The molecule has 3 N–H and O–H groups in total. The highest BCUT2D eigenvalue weighted by atomic mass is 16.6. The summed E-state index contributed by atoms with van der Waals surface area (Å²) < 4.78 is 6.98. The molecule has 0 aliphatic heterocycles. The van der Waals surface area contributed by atoms with Crippen LogP contribution in [0.3, 0.4) is 0 Å². The molecule has 0 saturated heterocycles. The van der Waals surface area contributed by atoms with Crippen LogP contribution in [-0.2, 0) is 6.54 Å². The molecule has 1 aromatic heterocycles. The lowest BCUT2D eigenvalue weighted by Gasteiger charge is -2.13. The van der Waals surface area contributed by atoms with Crippen molar-refractivity contribution in [1.29, 1.82) is 0 Å². The number of methoxy groups -OCH3 is 1. The molecule has 28 heavy (non-hydrogen) atoms. The van der Waals surface area contributed by atoms with Gasteiger partial charge in [0.05, 0.1) is 28.6 Å². The Labute approximate surface area is 162 Å². The van der Waals surface area contributed by atoms with Crippen molar-refractivity contribution in [1.82, 2.24) is 9.88 Å². The van der Waals surface area contributed by atoms with Crippen molar-refractivity contribution in [3.8, 4) is 17.2 Å². The smallest absolute Gasteiger partial charge is 0.298 e. The van der Waals surface area contributed by atoms with Gasteiger partial charge in [-0.2, -0.15) is 0 Å². The molecule has 0 aliphatic rings. The van der Waals surface area contributed by atoms with E-state index in [0.29, 0.717) is 47.4 Å². The van der Waals surface area contributed by atoms with E-state index in [1.807, 2.05) is 12.1 Å². The van der Waals surface area contributed by atoms with Crippen LogP contribution >= 0.6 is 0 Å². The normalized spacial score (nSPS) is 11.1. The number of phenolic OH excluding ortho intramolecular Hbond substituents is 1. The number of hydrogen-bond acceptors (Lipinski definition) is 6. The number of aliphatic hydroxyl groups excluding tert-OH is 1. The summed E-state index contributed by atoms with van der Waals surface area (Å²) in [7, 11) is 1.57. The number of aromatic nitrogens is 1. The molecule has 0 aliphatic carbocycles. The fraction of sp³-hybridized carbons (Fsp3) is 0.300. The Hall–Kier alpha value is -3.10. The van der Waals surface area contributed by atoms with Gasteiger partial charge in [-0.05, 0) is 56.3 Å². The van der Waals surface area contributed by atoms with E-state index in [1.165, 1.54) is 6.07 Å². The van der Waals surface area contributed by atoms with Gasteiger partial charge in [0, 0.05) is 24.4 Å². The highest BCUT2D eigenvalue weighted by Gasteiger charge is 2.27. The maximum Gasteiger partial charge on any atom is 0.298 e. The molecule has 0 amide bonds. The van der Waals surface area contributed by atoms with Gasteiger partial charge in [-0.15, -0.1) is 0 Å². The average molecular weight is 385 g/mol. The van der Waals surface area contributed by atoms with E-state index in [2.05, 4.69) is 5.32 Å². The number of aromatic hydroxyl groups is 1. The number of hydrogen-bond donors (Lipinski definition) is 3. The molecule has 0 bridgehead atoms. The Morgan fingerprint density at radius 3 is 2.54 bits per heavy atom. The van der Waals surface area contributed by atoms with E-state index in [1.54, 1.807) is 36.8 Å². The topological polar surface area (TPSA) is 110 Å². The summed E-state index contributed by atoms with van der Waals surface area (Å²) >= 11 is 0. The third-order valence-electron chi connectivity index (χ3n) is 4.74. The first-order valence-electron chi connectivity index (χ1n) is 8.95. The monoisotopic (exact) mass is 385 g/mol. The first-order chi connectivity index (χ1) is 13.5. The number of nitrogens with one attached hydrogen (secondary N) is 1. The first kappa shape index (κ1) is 19.7. The number of rotatable bonds is 8. The fourth-order valence-corrected chi connectivity index (χ4v) is 3.42. The van der Waals surface area contributed by atoms with Gasteiger partial charge < -0.3 is 24.8 Å². The predicted molar refractivity (Wildman–Crippen MR) is 106 cm³/mol. The van der Waals surface area contributed by atoms with Gasteiger partial charge in [0.1, 0.15) is 11.5 Å². The van der Waals surface area contributed by atoms with E-state index in [0.717, 1.165) is 5.69 Å². The lowest BCUT2D eigenvalue weighted by molar-refractivity contribution is -0.383. The number of fused-ring (bicyclic) bond motifs is 1. The standard InChI is InChI=1S/C20H23N3O5/c1-13-19(23(26)27)16-8-9-18(25)17(12-21-10-3-11-24)20(16)22(13)14-4-6-15(28-2)7-5-14/h4-9,21,24-25H,3,10-12H2,1-2H3. The van der Waals surface area contributed by atoms with Crippen LogP contribution in [0, 0.1) is 17.0 Å². The van der Waals surface area contributed by atoms with Crippen LogP contribution in [-0.4, -0.2) is 40.0 Å². The van der Waals surface area contributed by atoms with E-state index in [4.69, 9.17) is 9.84 Å². The molecule has 0 fully saturated rings. The van der Waals surface area contributed by atoms with Crippen LogP contribution in [0.5, 0.6) is 11.5 Å². The zero-order valence-corrected chi connectivity index (χ0v) is 15.8. The molecule has 0 atom stereocenters. The van der Waals surface area contributed by atoms with Gasteiger partial charge in [0.15, 0.2) is 0 Å². The van der Waals surface area contributed by atoms with Crippen molar-refractivity contribution in [2.75, 3.05) is 20.3 Å². The molecular weight excluding hydrogens is 362 g/mol. The number of nitrogens with zero attached hydrogens (tertiary/aromatic N) is 2. The fourth-order valence-electron chi connectivity index (χ4n) is 3.42. The van der Waals surface area contributed by atoms with Gasteiger partial charge in [0.25, 0.3) is 5.69 Å². The average Bonchev–Trinajstić information content (AvgIpc) is 2.99. The van der Waals surface area contributed by atoms with E-state index < -0.39 is 4.92 Å². The van der Waals surface area contributed by atoms with Crippen LogP contribution in [0.2, 0.25) is 0 Å². The quantitative estimate of drug-likeness (QED) is 0.312. The summed E-state index contributed by atoms with van der Waals surface area (Å²) in [5.74, 6) is 0.743. The van der Waals surface area contributed by atoms with Crippen molar-refractivity contribution in [2.24, 2.45) is 0 Å². The SMILES string of the molecule is COc1ccc(-n2c(C)c([N+](=O)[O-])c3ccc(O)c(CNCCCO)c32)cc1. The third-order valence-corrected chi connectivity index (χ3v) is 4.74. The second-order valence-electron chi connectivity index (χ2n) is 6.44. The molecule has 1 heterocycles. The Kier molecular flexibility index (Phi) is 5.81. The zero-order chi connectivity index (χ0) is 20.3. The minimum absolute atomic E-state index is 0.0161. The lowest BCUT2D eigenvalue weighted by atomic mass is 10.1. The molecule has 8 nitrogen and oxygen atoms in total. The van der Waals surface area contributed by atoms with Crippen molar-refractivity contribution in [3.05, 3.63) is 57.8 Å². The van der Waals surface area contributed by atoms with Gasteiger partial charge in [-0.1, -0.05) is 0 Å². The predicted octanol–water partition coefficient (Wildman–Crippen LogP) is 3.03. The molecule has 2 aromatic carbocycles. The summed E-state index contributed by atoms with van der Waals surface area (Å²) in [5.41, 5.74) is 2.39. The van der Waals surface area contributed by atoms with Crippen molar-refractivity contribution in [3.63, 3.8) is 0 Å². The van der Waals surface area contributed by atoms with Gasteiger partial charge in [-0.3, -0.25) is 10.1 Å². The van der Waals surface area contributed by atoms with E-state index >= 15 is 0 Å². The zero-order valence-electron chi connectivity index (χ0n) is 15.8. The van der Waals surface area contributed by atoms with Crippen molar-refractivity contribution in [2.45, 2.75) is 19.9 Å². The van der Waals surface area contributed by atoms with Crippen molar-refractivity contribution < 1.29 is 19.9 Å². The minimum atomic E-state index is -0.391. The molecule has 8 heteroatoms. The van der Waals surface area contributed by atoms with Crippen LogP contribution in [0.1, 0.15) is 17.7 Å². The van der Waals surface area contributed by atoms with Crippen LogP contribution in [0.15, 0.2) is 36.4 Å². The highest BCUT2D eigenvalue weighted by molar-refractivity contribution is 5.96.